The van der Waals surface area contributed by atoms with Crippen molar-refractivity contribution in [2.24, 2.45) is 5.92 Å². The minimum atomic E-state index is -0.753. The largest absolute Gasteiger partial charge is 0.493 e. The first kappa shape index (κ1) is 32.8. The number of carbonyl (C=O) groups excluding carboxylic acids is 1. The van der Waals surface area contributed by atoms with E-state index in [1.54, 1.807) is 24.4 Å². The average molecular weight is 675 g/mol. The van der Waals surface area contributed by atoms with Gasteiger partial charge in [-0.2, -0.15) is 0 Å². The number of nitrogens with zero attached hydrogens (tertiary/aromatic N) is 6. The van der Waals surface area contributed by atoms with Gasteiger partial charge in [-0.05, 0) is 79.9 Å². The van der Waals surface area contributed by atoms with Crippen molar-refractivity contribution in [3.63, 3.8) is 0 Å². The first-order valence-electron chi connectivity index (χ1n) is 16.5. The van der Waals surface area contributed by atoms with Crippen LogP contribution in [0.4, 0.5) is 14.6 Å². The predicted molar refractivity (Wildman–Crippen MR) is 187 cm³/mol. The number of carbonyl (C=O) groups is 1. The Morgan fingerprint density at radius 1 is 0.900 bits per heavy atom. The van der Waals surface area contributed by atoms with Crippen LogP contribution in [-0.2, 0) is 19.6 Å². The number of rotatable bonds is 12. The number of halogens is 2. The summed E-state index contributed by atoms with van der Waals surface area (Å²) in [5, 5.41) is 0. The molecule has 1 fully saturated rings. The van der Waals surface area contributed by atoms with E-state index >= 15 is 8.78 Å². The highest BCUT2D eigenvalue weighted by molar-refractivity contribution is 6.04. The molecule has 7 rings (SSSR count). The molecular formula is C39H36F2N6O3. The summed E-state index contributed by atoms with van der Waals surface area (Å²) in [4.78, 5) is 41.1. The number of hydrogen-bond donors (Lipinski definition) is 0. The van der Waals surface area contributed by atoms with Gasteiger partial charge in [0.1, 0.15) is 28.8 Å². The number of pyridine rings is 1. The van der Waals surface area contributed by atoms with Crippen LogP contribution in [0.3, 0.4) is 0 Å². The Bertz CT molecular complexity index is 2180. The van der Waals surface area contributed by atoms with Crippen LogP contribution < -0.4 is 15.2 Å². The van der Waals surface area contributed by atoms with Crippen molar-refractivity contribution >= 4 is 17.5 Å². The number of hydrogen-bond acceptors (Lipinski definition) is 6. The lowest BCUT2D eigenvalue weighted by molar-refractivity contribution is 0.0990. The minimum Gasteiger partial charge on any atom is -0.493 e. The molecular weight excluding hydrogens is 638 g/mol. The minimum absolute atomic E-state index is 0.141. The van der Waals surface area contributed by atoms with E-state index < -0.39 is 23.1 Å². The van der Waals surface area contributed by atoms with Crippen molar-refractivity contribution in [3.8, 4) is 17.0 Å². The van der Waals surface area contributed by atoms with Crippen molar-refractivity contribution in [2.45, 2.75) is 32.5 Å². The molecule has 0 N–H and O–H groups in total. The predicted octanol–water partition coefficient (Wildman–Crippen LogP) is 6.58. The summed E-state index contributed by atoms with van der Waals surface area (Å²) in [7, 11) is 3.46. The van der Waals surface area contributed by atoms with E-state index in [1.807, 2.05) is 66.5 Å². The molecule has 0 spiro atoms. The second kappa shape index (κ2) is 14.0. The number of amides is 1. The van der Waals surface area contributed by atoms with Crippen molar-refractivity contribution in [3.05, 3.63) is 148 Å². The molecule has 6 aromatic rings. The number of benzene rings is 3. The molecule has 0 radical (unpaired) electrons. The Hall–Kier alpha value is -5.68. The zero-order chi connectivity index (χ0) is 34.8. The van der Waals surface area contributed by atoms with Crippen LogP contribution in [0, 0.1) is 17.6 Å². The second-order valence-corrected chi connectivity index (χ2v) is 12.7. The molecule has 9 nitrogen and oxygen atoms in total. The van der Waals surface area contributed by atoms with Crippen LogP contribution in [0.2, 0.25) is 0 Å². The molecule has 1 aliphatic carbocycles. The fraction of sp³-hybridized carbons (Fsp3) is 0.231. The van der Waals surface area contributed by atoms with Crippen LogP contribution in [0.25, 0.3) is 17.0 Å². The van der Waals surface area contributed by atoms with Crippen LogP contribution in [0.1, 0.15) is 40.0 Å². The summed E-state index contributed by atoms with van der Waals surface area (Å²) in [5.74, 6) is -0.336. The summed E-state index contributed by atoms with van der Waals surface area (Å²) in [6, 6.07) is 26.2. The quantitative estimate of drug-likeness (QED) is 0.146. The van der Waals surface area contributed by atoms with Gasteiger partial charge in [0.05, 0.1) is 24.5 Å². The van der Waals surface area contributed by atoms with E-state index in [0.717, 1.165) is 16.9 Å². The Morgan fingerprint density at radius 2 is 1.62 bits per heavy atom. The second-order valence-electron chi connectivity index (χ2n) is 12.7. The highest BCUT2D eigenvalue weighted by Gasteiger charge is 2.27. The molecule has 0 unspecified atom stereocenters. The van der Waals surface area contributed by atoms with Crippen LogP contribution in [0.15, 0.2) is 108 Å². The smallest absolute Gasteiger partial charge is 0.272 e. The molecule has 3 heterocycles. The number of anilines is 1. The van der Waals surface area contributed by atoms with Gasteiger partial charge >= 0.3 is 0 Å². The molecule has 0 aliphatic heterocycles. The van der Waals surface area contributed by atoms with E-state index in [0.29, 0.717) is 36.3 Å². The first-order valence-corrected chi connectivity index (χ1v) is 16.5. The van der Waals surface area contributed by atoms with Crippen LogP contribution >= 0.6 is 0 Å². The average Bonchev–Trinajstić information content (AvgIpc) is 3.89. The molecule has 3 aromatic carbocycles. The van der Waals surface area contributed by atoms with E-state index in [4.69, 9.17) is 9.72 Å². The Kier molecular flexibility index (Phi) is 9.23. The maximum Gasteiger partial charge on any atom is 0.272 e. The van der Waals surface area contributed by atoms with E-state index in [1.165, 1.54) is 58.2 Å². The topological polar surface area (TPSA) is 85.0 Å². The third kappa shape index (κ3) is 6.90. The van der Waals surface area contributed by atoms with Crippen LogP contribution in [0.5, 0.6) is 5.75 Å². The summed E-state index contributed by atoms with van der Waals surface area (Å²) in [6.45, 7) is 1.18. The van der Waals surface area contributed by atoms with Gasteiger partial charge in [0.15, 0.2) is 0 Å². The molecule has 0 atom stereocenters. The Labute approximate surface area is 288 Å². The van der Waals surface area contributed by atoms with E-state index in [2.05, 4.69) is 4.98 Å². The van der Waals surface area contributed by atoms with Gasteiger partial charge in [-0.15, -0.1) is 0 Å². The normalized spacial score (nSPS) is 12.8. The van der Waals surface area contributed by atoms with E-state index in [-0.39, 0.29) is 30.0 Å². The summed E-state index contributed by atoms with van der Waals surface area (Å²) in [6.07, 6.45) is 5.23. The van der Waals surface area contributed by atoms with Gasteiger partial charge in [0.25, 0.3) is 11.5 Å². The number of imidazole rings is 1. The zero-order valence-electron chi connectivity index (χ0n) is 27.8. The third-order valence-corrected chi connectivity index (χ3v) is 8.87. The van der Waals surface area contributed by atoms with Crippen molar-refractivity contribution < 1.29 is 18.3 Å². The lowest BCUT2D eigenvalue weighted by Gasteiger charge is -2.19. The third-order valence-electron chi connectivity index (χ3n) is 8.87. The van der Waals surface area contributed by atoms with Gasteiger partial charge in [0, 0.05) is 43.7 Å². The van der Waals surface area contributed by atoms with Gasteiger partial charge in [-0.1, -0.05) is 42.5 Å². The summed E-state index contributed by atoms with van der Waals surface area (Å²) >= 11 is 0. The Morgan fingerprint density at radius 3 is 2.30 bits per heavy atom. The molecule has 3 aromatic heterocycles. The summed E-state index contributed by atoms with van der Waals surface area (Å²) in [5.41, 5.74) is 1.78. The lowest BCUT2D eigenvalue weighted by atomic mass is 10.1. The molecule has 254 valence electrons. The number of aromatic nitrogens is 4. The number of ether oxygens (including phenoxy) is 1. The van der Waals surface area contributed by atoms with Gasteiger partial charge in [-0.3, -0.25) is 19.4 Å². The molecule has 1 aliphatic rings. The standard InChI is InChI=1S/C39H36F2N6O3/c1-44(21-26-9-4-3-5-10-26)24-34-36(28-16-18-29(19-17-28)50-25-27-14-15-27)43-39-46(22-30-32(40)11-8-12-33(30)41)23-31(38(49)47(34)39)37(48)45(2)35-13-6-7-20-42-35/h3-13,16-20,23,27H,14-15,21-22,24-25H2,1-2H3. The maximum absolute atomic E-state index is 15.1. The fourth-order valence-corrected chi connectivity index (χ4v) is 5.98. The van der Waals surface area contributed by atoms with Crippen LogP contribution in [-0.4, -0.2) is 50.4 Å². The zero-order valence-corrected chi connectivity index (χ0v) is 27.8. The molecule has 50 heavy (non-hydrogen) atoms. The fourth-order valence-electron chi connectivity index (χ4n) is 5.98. The van der Waals surface area contributed by atoms with Gasteiger partial charge in [-0.25, -0.2) is 23.1 Å². The first-order chi connectivity index (χ1) is 24.3. The lowest BCUT2D eigenvalue weighted by Crippen LogP contribution is -2.35. The molecule has 0 bridgehead atoms. The summed E-state index contributed by atoms with van der Waals surface area (Å²) < 4.78 is 38.9. The SMILES string of the molecule is CN(Cc1ccccc1)Cc1c(-c2ccc(OCC3CC3)cc2)nc2n(Cc3c(F)cccc3F)cc(C(=O)N(C)c3ccccn3)c(=O)n12. The monoisotopic (exact) mass is 674 g/mol. The van der Waals surface area contributed by atoms with Gasteiger partial charge < -0.3 is 9.30 Å². The van der Waals surface area contributed by atoms with Crippen molar-refractivity contribution in [1.82, 2.24) is 23.8 Å². The van der Waals surface area contributed by atoms with Gasteiger partial charge in [0.2, 0.25) is 5.78 Å². The highest BCUT2D eigenvalue weighted by Crippen LogP contribution is 2.31. The molecule has 1 amide bonds. The Balaban J connectivity index is 1.40. The number of fused-ring (bicyclic) bond motifs is 1. The maximum atomic E-state index is 15.1. The van der Waals surface area contributed by atoms with Crippen molar-refractivity contribution in [1.29, 1.82) is 0 Å². The molecule has 1 saturated carbocycles. The van der Waals surface area contributed by atoms with E-state index in [9.17, 15) is 9.59 Å². The van der Waals surface area contributed by atoms with Crippen molar-refractivity contribution in [2.75, 3.05) is 25.6 Å². The molecule has 0 saturated heterocycles. The highest BCUT2D eigenvalue weighted by atomic mass is 19.1. The molecule has 11 heteroatoms.